The van der Waals surface area contributed by atoms with Crippen molar-refractivity contribution in [3.05, 3.63) is 54.4 Å². The number of fused-ring (bicyclic) bond motifs is 1. The molecular weight excluding hydrogens is 300 g/mol. The van der Waals surface area contributed by atoms with Gasteiger partial charge in [0.1, 0.15) is 0 Å². The van der Waals surface area contributed by atoms with Gasteiger partial charge in [0, 0.05) is 31.5 Å². The lowest BCUT2D eigenvalue weighted by atomic mass is 10.0. The quantitative estimate of drug-likeness (QED) is 0.784. The number of aromatic nitrogens is 3. The molecule has 2 aromatic heterocycles. The van der Waals surface area contributed by atoms with Crippen molar-refractivity contribution in [2.75, 3.05) is 24.6 Å². The number of hydrogen-bond acceptors (Lipinski definition) is 4. The van der Waals surface area contributed by atoms with Crippen LogP contribution in [0.2, 0.25) is 0 Å². The van der Waals surface area contributed by atoms with Crippen LogP contribution in [0.4, 0.5) is 5.95 Å². The van der Waals surface area contributed by atoms with E-state index in [0.717, 1.165) is 48.6 Å². The van der Waals surface area contributed by atoms with Gasteiger partial charge >= 0.3 is 0 Å². The molecule has 1 saturated heterocycles. The number of aliphatic hydroxyl groups excluding tert-OH is 1. The highest BCUT2D eigenvalue weighted by molar-refractivity contribution is 5.78. The molecule has 0 radical (unpaired) electrons. The molecule has 0 amide bonds. The van der Waals surface area contributed by atoms with Crippen molar-refractivity contribution in [3.63, 3.8) is 0 Å². The first-order valence-electron chi connectivity index (χ1n) is 8.56. The Morgan fingerprint density at radius 3 is 2.83 bits per heavy atom. The molecule has 4 rings (SSSR count). The molecule has 0 bridgehead atoms. The Balaban J connectivity index is 1.56. The van der Waals surface area contributed by atoms with Gasteiger partial charge in [0.05, 0.1) is 17.6 Å². The van der Waals surface area contributed by atoms with Gasteiger partial charge in [0.2, 0.25) is 5.95 Å². The van der Waals surface area contributed by atoms with Gasteiger partial charge in [-0.25, -0.2) is 4.98 Å². The van der Waals surface area contributed by atoms with Gasteiger partial charge in [0.25, 0.3) is 0 Å². The molecule has 1 fully saturated rings. The second-order valence-electron chi connectivity index (χ2n) is 6.40. The van der Waals surface area contributed by atoms with Crippen molar-refractivity contribution in [3.8, 4) is 0 Å². The highest BCUT2D eigenvalue weighted by Crippen LogP contribution is 2.28. The summed E-state index contributed by atoms with van der Waals surface area (Å²) in [5.74, 6) is 1.58. The number of para-hydroxylation sites is 2. The Hall–Kier alpha value is -2.40. The minimum atomic E-state index is 0.124. The minimum absolute atomic E-state index is 0.124. The summed E-state index contributed by atoms with van der Waals surface area (Å²) in [4.78, 5) is 11.6. The van der Waals surface area contributed by atoms with E-state index in [2.05, 4.69) is 32.7 Å². The normalized spacial score (nSPS) is 17.7. The van der Waals surface area contributed by atoms with E-state index in [1.807, 2.05) is 30.5 Å². The number of hydrogen-bond donors (Lipinski definition) is 1. The Morgan fingerprint density at radius 1 is 1.12 bits per heavy atom. The zero-order valence-electron chi connectivity index (χ0n) is 13.7. The third-order valence-electron chi connectivity index (χ3n) is 4.75. The van der Waals surface area contributed by atoms with Crippen LogP contribution in [-0.4, -0.2) is 39.3 Å². The smallest absolute Gasteiger partial charge is 0.206 e. The van der Waals surface area contributed by atoms with E-state index in [0.29, 0.717) is 12.5 Å². The molecule has 0 aliphatic carbocycles. The van der Waals surface area contributed by atoms with Gasteiger partial charge in [-0.15, -0.1) is 0 Å². The number of anilines is 1. The molecule has 0 spiro atoms. The van der Waals surface area contributed by atoms with Crippen LogP contribution in [0.15, 0.2) is 48.7 Å². The molecule has 5 heteroatoms. The van der Waals surface area contributed by atoms with E-state index in [-0.39, 0.29) is 6.61 Å². The highest BCUT2D eigenvalue weighted by Gasteiger charge is 2.26. The van der Waals surface area contributed by atoms with E-state index < -0.39 is 0 Å². The number of imidazole rings is 1. The predicted molar refractivity (Wildman–Crippen MR) is 95.1 cm³/mol. The summed E-state index contributed by atoms with van der Waals surface area (Å²) in [6, 6.07) is 14.3. The Bertz CT molecular complexity index is 815. The molecule has 0 saturated carbocycles. The molecule has 124 valence electrons. The van der Waals surface area contributed by atoms with Crippen LogP contribution in [0.5, 0.6) is 0 Å². The Labute approximate surface area is 141 Å². The Kier molecular flexibility index (Phi) is 4.17. The summed E-state index contributed by atoms with van der Waals surface area (Å²) in [5, 5.41) is 9.44. The summed E-state index contributed by atoms with van der Waals surface area (Å²) in [6.45, 7) is 2.70. The van der Waals surface area contributed by atoms with Crippen molar-refractivity contribution in [1.82, 2.24) is 14.5 Å². The van der Waals surface area contributed by atoms with Crippen LogP contribution in [0, 0.1) is 5.92 Å². The molecule has 1 aromatic carbocycles. The minimum Gasteiger partial charge on any atom is -0.395 e. The van der Waals surface area contributed by atoms with E-state index in [4.69, 9.17) is 4.98 Å². The average molecular weight is 322 g/mol. The van der Waals surface area contributed by atoms with Gasteiger partial charge < -0.3 is 14.6 Å². The average Bonchev–Trinajstić information content (AvgIpc) is 3.21. The van der Waals surface area contributed by atoms with Crippen LogP contribution < -0.4 is 4.90 Å². The number of rotatable bonds is 5. The number of aliphatic hydroxyl groups is 1. The molecule has 1 unspecified atom stereocenters. The fourth-order valence-corrected chi connectivity index (χ4v) is 3.62. The van der Waals surface area contributed by atoms with Crippen LogP contribution in [0.3, 0.4) is 0 Å². The maximum absolute atomic E-state index is 9.44. The summed E-state index contributed by atoms with van der Waals surface area (Å²) in [5.41, 5.74) is 3.25. The van der Waals surface area contributed by atoms with Crippen molar-refractivity contribution < 1.29 is 5.11 Å². The second-order valence-corrected chi connectivity index (χ2v) is 6.40. The molecule has 1 aliphatic heterocycles. The van der Waals surface area contributed by atoms with Crippen molar-refractivity contribution in [1.29, 1.82) is 0 Å². The monoisotopic (exact) mass is 322 g/mol. The maximum Gasteiger partial charge on any atom is 0.206 e. The largest absolute Gasteiger partial charge is 0.395 e. The predicted octanol–water partition coefficient (Wildman–Crippen LogP) is 2.49. The first-order valence-corrected chi connectivity index (χ1v) is 8.56. The molecular formula is C19H22N4O. The standard InChI is InChI=1S/C19H22N4O/c24-12-11-23-18-7-2-1-6-17(18)21-19(23)22-10-8-15(14-22)13-16-5-3-4-9-20-16/h1-7,9,15,24H,8,10-14H2. The van der Waals surface area contributed by atoms with Gasteiger partial charge in [-0.2, -0.15) is 0 Å². The molecule has 1 atom stereocenters. The van der Waals surface area contributed by atoms with Gasteiger partial charge in [-0.1, -0.05) is 18.2 Å². The fourth-order valence-electron chi connectivity index (χ4n) is 3.62. The molecule has 1 N–H and O–H groups in total. The van der Waals surface area contributed by atoms with Crippen LogP contribution >= 0.6 is 0 Å². The lowest BCUT2D eigenvalue weighted by Crippen LogP contribution is -2.24. The molecule has 3 heterocycles. The van der Waals surface area contributed by atoms with Crippen molar-refractivity contribution in [2.45, 2.75) is 19.4 Å². The zero-order chi connectivity index (χ0) is 16.4. The first kappa shape index (κ1) is 15.1. The SMILES string of the molecule is OCCn1c(N2CCC(Cc3ccccn3)C2)nc2ccccc21. The van der Waals surface area contributed by atoms with Crippen LogP contribution in [0.25, 0.3) is 11.0 Å². The second kappa shape index (κ2) is 6.61. The third-order valence-corrected chi connectivity index (χ3v) is 4.75. The Morgan fingerprint density at radius 2 is 2.00 bits per heavy atom. The first-order chi connectivity index (χ1) is 11.8. The fraction of sp³-hybridized carbons (Fsp3) is 0.368. The summed E-state index contributed by atoms with van der Waals surface area (Å²) < 4.78 is 2.14. The summed E-state index contributed by atoms with van der Waals surface area (Å²) in [6.07, 6.45) is 4.03. The molecule has 3 aromatic rings. The van der Waals surface area contributed by atoms with Gasteiger partial charge in [-0.05, 0) is 43.0 Å². The van der Waals surface area contributed by atoms with E-state index in [9.17, 15) is 5.11 Å². The zero-order valence-corrected chi connectivity index (χ0v) is 13.7. The third kappa shape index (κ3) is 2.87. The highest BCUT2D eigenvalue weighted by atomic mass is 16.3. The van der Waals surface area contributed by atoms with Gasteiger partial charge in [-0.3, -0.25) is 4.98 Å². The van der Waals surface area contributed by atoms with E-state index in [1.165, 1.54) is 0 Å². The van der Waals surface area contributed by atoms with E-state index >= 15 is 0 Å². The number of pyridine rings is 1. The van der Waals surface area contributed by atoms with Crippen LogP contribution in [0.1, 0.15) is 12.1 Å². The van der Waals surface area contributed by atoms with Crippen molar-refractivity contribution in [2.24, 2.45) is 5.92 Å². The van der Waals surface area contributed by atoms with Gasteiger partial charge in [0.15, 0.2) is 0 Å². The molecule has 5 nitrogen and oxygen atoms in total. The maximum atomic E-state index is 9.44. The number of nitrogens with zero attached hydrogens (tertiary/aromatic N) is 4. The summed E-state index contributed by atoms with van der Waals surface area (Å²) in [7, 11) is 0. The van der Waals surface area contributed by atoms with E-state index in [1.54, 1.807) is 0 Å². The van der Waals surface area contributed by atoms with Crippen molar-refractivity contribution >= 4 is 17.0 Å². The lowest BCUT2D eigenvalue weighted by Gasteiger charge is -2.19. The molecule has 24 heavy (non-hydrogen) atoms. The summed E-state index contributed by atoms with van der Waals surface area (Å²) >= 11 is 0. The van der Waals surface area contributed by atoms with Crippen LogP contribution in [-0.2, 0) is 13.0 Å². The topological polar surface area (TPSA) is 54.2 Å². The number of benzene rings is 1. The molecule has 1 aliphatic rings. The lowest BCUT2D eigenvalue weighted by molar-refractivity contribution is 0.278.